The highest BCUT2D eigenvalue weighted by atomic mass is 16.5. The molecule has 0 bridgehead atoms. The van der Waals surface area contributed by atoms with Gasteiger partial charge >= 0.3 is 5.97 Å². The van der Waals surface area contributed by atoms with Crippen LogP contribution in [0.3, 0.4) is 0 Å². The fraction of sp³-hybridized carbons (Fsp3) is 0.100. The second-order valence-corrected chi connectivity index (χ2v) is 2.49. The van der Waals surface area contributed by atoms with Crippen LogP contribution in [0.4, 0.5) is 5.69 Å². The van der Waals surface area contributed by atoms with Crippen molar-refractivity contribution in [3.63, 3.8) is 0 Å². The fourth-order valence-electron chi connectivity index (χ4n) is 0.889. The largest absolute Gasteiger partial charge is 0.466 e. The molecule has 0 aliphatic heterocycles. The molecule has 0 atom stereocenters. The number of esters is 1. The van der Waals surface area contributed by atoms with Gasteiger partial charge in [0.25, 0.3) is 0 Å². The maximum Gasteiger partial charge on any atom is 0.330 e. The second-order valence-electron chi connectivity index (χ2n) is 2.49. The first kappa shape index (κ1) is 9.32. The van der Waals surface area contributed by atoms with Crippen LogP contribution in [0.2, 0.25) is 0 Å². The van der Waals surface area contributed by atoms with E-state index in [-0.39, 0.29) is 5.97 Å². The summed E-state index contributed by atoms with van der Waals surface area (Å²) in [5.74, 6) is -0.386. The molecule has 2 N–H and O–H groups in total. The smallest absolute Gasteiger partial charge is 0.330 e. The predicted octanol–water partition coefficient (Wildman–Crippen LogP) is 1.45. The molecule has 3 heteroatoms. The number of rotatable bonds is 2. The molecular weight excluding hydrogens is 166 g/mol. The van der Waals surface area contributed by atoms with Crippen LogP contribution < -0.4 is 5.73 Å². The second kappa shape index (κ2) is 4.30. The summed E-state index contributed by atoms with van der Waals surface area (Å²) in [7, 11) is 1.33. The third kappa shape index (κ3) is 2.63. The normalized spacial score (nSPS) is 10.2. The lowest BCUT2D eigenvalue weighted by Crippen LogP contribution is -1.94. The van der Waals surface area contributed by atoms with Gasteiger partial charge in [0.1, 0.15) is 0 Å². The van der Waals surface area contributed by atoms with Crippen molar-refractivity contribution in [2.24, 2.45) is 0 Å². The lowest BCUT2D eigenvalue weighted by atomic mass is 10.2. The maximum atomic E-state index is 10.7. The number of ether oxygens (including phenoxy) is 1. The van der Waals surface area contributed by atoms with E-state index in [2.05, 4.69) is 4.74 Å². The van der Waals surface area contributed by atoms with E-state index in [1.165, 1.54) is 13.2 Å². The summed E-state index contributed by atoms with van der Waals surface area (Å²) in [6.07, 6.45) is 2.97. The number of nitrogen functional groups attached to an aromatic ring is 1. The first-order valence-electron chi connectivity index (χ1n) is 3.84. The first-order valence-corrected chi connectivity index (χ1v) is 3.84. The Hall–Kier alpha value is -1.77. The first-order chi connectivity index (χ1) is 6.24. The number of methoxy groups -OCH3 is 1. The Morgan fingerprint density at radius 1 is 1.46 bits per heavy atom. The molecule has 1 aromatic rings. The Labute approximate surface area is 76.8 Å². The van der Waals surface area contributed by atoms with Crippen LogP contribution >= 0.6 is 0 Å². The molecule has 0 spiro atoms. The van der Waals surface area contributed by atoms with E-state index in [0.717, 1.165) is 5.56 Å². The van der Waals surface area contributed by atoms with Crippen molar-refractivity contribution in [1.29, 1.82) is 0 Å². The lowest BCUT2D eigenvalue weighted by molar-refractivity contribution is -0.134. The zero-order valence-electron chi connectivity index (χ0n) is 7.36. The Balaban J connectivity index is 2.80. The fourth-order valence-corrected chi connectivity index (χ4v) is 0.889. The highest BCUT2D eigenvalue weighted by Crippen LogP contribution is 2.11. The molecule has 0 unspecified atom stereocenters. The molecule has 13 heavy (non-hydrogen) atoms. The minimum absolute atomic E-state index is 0.386. The van der Waals surface area contributed by atoms with Crippen LogP contribution in [0, 0.1) is 0 Å². The van der Waals surface area contributed by atoms with Crippen molar-refractivity contribution < 1.29 is 9.53 Å². The summed E-state index contributed by atoms with van der Waals surface area (Å²) in [6.45, 7) is 0. The Bertz CT molecular complexity index is 331. The third-order valence-electron chi connectivity index (χ3n) is 1.60. The van der Waals surface area contributed by atoms with E-state index in [1.807, 2.05) is 18.2 Å². The van der Waals surface area contributed by atoms with E-state index in [1.54, 1.807) is 12.1 Å². The van der Waals surface area contributed by atoms with Gasteiger partial charge in [-0.3, -0.25) is 0 Å². The number of anilines is 1. The van der Waals surface area contributed by atoms with E-state index >= 15 is 0 Å². The molecule has 0 fully saturated rings. The van der Waals surface area contributed by atoms with Crippen molar-refractivity contribution >= 4 is 17.7 Å². The average Bonchev–Trinajstić information content (AvgIpc) is 2.16. The van der Waals surface area contributed by atoms with Gasteiger partial charge < -0.3 is 10.5 Å². The Morgan fingerprint density at radius 2 is 2.15 bits per heavy atom. The minimum atomic E-state index is -0.386. The summed E-state index contributed by atoms with van der Waals surface area (Å²) in [6, 6.07) is 7.30. The molecule has 0 aliphatic carbocycles. The number of hydrogen-bond acceptors (Lipinski definition) is 3. The monoisotopic (exact) mass is 177 g/mol. The molecule has 1 aromatic carbocycles. The van der Waals surface area contributed by atoms with Crippen LogP contribution in [0.1, 0.15) is 5.56 Å². The summed E-state index contributed by atoms with van der Waals surface area (Å²) in [4.78, 5) is 10.7. The van der Waals surface area contributed by atoms with Gasteiger partial charge in [-0.1, -0.05) is 18.2 Å². The molecule has 68 valence electrons. The molecule has 0 amide bonds. The van der Waals surface area contributed by atoms with E-state index in [9.17, 15) is 4.79 Å². The molecule has 0 aromatic heterocycles. The lowest BCUT2D eigenvalue weighted by Gasteiger charge is -1.97. The summed E-state index contributed by atoms with van der Waals surface area (Å²) in [5, 5.41) is 0. The zero-order chi connectivity index (χ0) is 9.68. The average molecular weight is 177 g/mol. The molecule has 0 aliphatic rings. The molecule has 0 saturated heterocycles. The number of carbonyl (C=O) groups is 1. The van der Waals surface area contributed by atoms with Gasteiger partial charge in [-0.25, -0.2) is 4.79 Å². The SMILES string of the molecule is COC(=O)C=Cc1ccccc1N. The molecular formula is C10H11NO2. The van der Waals surface area contributed by atoms with E-state index in [4.69, 9.17) is 5.73 Å². The zero-order valence-corrected chi connectivity index (χ0v) is 7.36. The van der Waals surface area contributed by atoms with Crippen molar-refractivity contribution in [3.05, 3.63) is 35.9 Å². The number of para-hydroxylation sites is 1. The van der Waals surface area contributed by atoms with E-state index in [0.29, 0.717) is 5.69 Å². The molecule has 0 radical (unpaired) electrons. The van der Waals surface area contributed by atoms with Crippen LogP contribution in [-0.4, -0.2) is 13.1 Å². The van der Waals surface area contributed by atoms with Crippen LogP contribution in [0.5, 0.6) is 0 Å². The van der Waals surface area contributed by atoms with Gasteiger partial charge in [-0.2, -0.15) is 0 Å². The van der Waals surface area contributed by atoms with Gasteiger partial charge in [0.05, 0.1) is 7.11 Å². The number of nitrogens with two attached hydrogens (primary N) is 1. The van der Waals surface area contributed by atoms with Crippen LogP contribution in [0.15, 0.2) is 30.3 Å². The topological polar surface area (TPSA) is 52.3 Å². The summed E-state index contributed by atoms with van der Waals surface area (Å²) < 4.78 is 4.45. The predicted molar refractivity (Wildman–Crippen MR) is 51.9 cm³/mol. The van der Waals surface area contributed by atoms with E-state index < -0.39 is 0 Å². The Kier molecular flexibility index (Phi) is 3.09. The minimum Gasteiger partial charge on any atom is -0.466 e. The molecule has 0 heterocycles. The van der Waals surface area contributed by atoms with Gasteiger partial charge in [-0.05, 0) is 17.7 Å². The number of benzene rings is 1. The molecule has 0 saturated carbocycles. The number of carbonyl (C=O) groups excluding carboxylic acids is 1. The highest BCUT2D eigenvalue weighted by molar-refractivity contribution is 5.88. The highest BCUT2D eigenvalue weighted by Gasteiger charge is 1.94. The quantitative estimate of drug-likeness (QED) is 0.422. The third-order valence-corrected chi connectivity index (χ3v) is 1.60. The summed E-state index contributed by atoms with van der Waals surface area (Å²) in [5.41, 5.74) is 7.10. The molecule has 1 rings (SSSR count). The van der Waals surface area contributed by atoms with Gasteiger partial charge in [0.2, 0.25) is 0 Å². The van der Waals surface area contributed by atoms with Gasteiger partial charge in [-0.15, -0.1) is 0 Å². The maximum absolute atomic E-state index is 10.7. The van der Waals surface area contributed by atoms with Crippen molar-refractivity contribution in [1.82, 2.24) is 0 Å². The Morgan fingerprint density at radius 3 is 2.77 bits per heavy atom. The van der Waals surface area contributed by atoms with Gasteiger partial charge in [0.15, 0.2) is 0 Å². The van der Waals surface area contributed by atoms with Crippen LogP contribution in [0.25, 0.3) is 6.08 Å². The standard InChI is InChI=1S/C10H11NO2/c1-13-10(12)7-6-8-4-2-3-5-9(8)11/h2-7H,11H2,1H3. The van der Waals surface area contributed by atoms with Crippen molar-refractivity contribution in [2.75, 3.05) is 12.8 Å². The van der Waals surface area contributed by atoms with Crippen molar-refractivity contribution in [2.45, 2.75) is 0 Å². The number of hydrogen-bond donors (Lipinski definition) is 1. The summed E-state index contributed by atoms with van der Waals surface area (Å²) >= 11 is 0. The van der Waals surface area contributed by atoms with Crippen molar-refractivity contribution in [3.8, 4) is 0 Å². The van der Waals surface area contributed by atoms with Gasteiger partial charge in [0, 0.05) is 11.8 Å². The molecule has 3 nitrogen and oxygen atoms in total. The van der Waals surface area contributed by atoms with Crippen LogP contribution in [-0.2, 0) is 9.53 Å².